The molecule has 0 radical (unpaired) electrons. The molecule has 0 atom stereocenters. The Hall–Kier alpha value is -3.58. The molecule has 0 aromatic heterocycles. The second kappa shape index (κ2) is 16.5. The van der Waals surface area contributed by atoms with Crippen LogP contribution in [-0.2, 0) is 18.9 Å². The lowest BCUT2D eigenvalue weighted by Crippen LogP contribution is -2.34. The van der Waals surface area contributed by atoms with Gasteiger partial charge in [0.15, 0.2) is 23.0 Å². The minimum Gasteiger partial charge on any atom is -0.487 e. The van der Waals surface area contributed by atoms with Crippen LogP contribution in [0.4, 0.5) is 0 Å². The topological polar surface area (TPSA) is 132 Å². The fourth-order valence-electron chi connectivity index (χ4n) is 3.81. The molecule has 2 heterocycles. The molecular formula is C28H36N2O10. The SMILES string of the molecule is O=C(NCCNC(=O)c1ccc2c(c1)OCCOCCOCCO2)c1ccc2c(c1)OCCOCCOCCO2. The minimum absolute atomic E-state index is 0.228. The number of carbonyl (C=O) groups excluding carboxylic acids is 2. The number of nitrogens with one attached hydrogen (secondary N) is 2. The van der Waals surface area contributed by atoms with Gasteiger partial charge in [0.1, 0.15) is 26.4 Å². The zero-order valence-electron chi connectivity index (χ0n) is 22.4. The lowest BCUT2D eigenvalue weighted by atomic mass is 10.2. The van der Waals surface area contributed by atoms with Gasteiger partial charge in [0.2, 0.25) is 0 Å². The van der Waals surface area contributed by atoms with E-state index in [0.29, 0.717) is 113 Å². The first kappa shape index (κ1) is 29.4. The fourth-order valence-corrected chi connectivity index (χ4v) is 3.81. The Labute approximate surface area is 233 Å². The first-order chi connectivity index (χ1) is 19.7. The van der Waals surface area contributed by atoms with E-state index in [1.165, 1.54) is 0 Å². The zero-order valence-corrected chi connectivity index (χ0v) is 22.4. The maximum Gasteiger partial charge on any atom is 0.251 e. The van der Waals surface area contributed by atoms with Crippen molar-refractivity contribution in [1.82, 2.24) is 10.6 Å². The molecule has 0 bridgehead atoms. The highest BCUT2D eigenvalue weighted by molar-refractivity contribution is 5.96. The summed E-state index contributed by atoms with van der Waals surface area (Å²) in [6, 6.07) is 9.95. The third-order valence-corrected chi connectivity index (χ3v) is 5.79. The summed E-state index contributed by atoms with van der Waals surface area (Å²) in [6.07, 6.45) is 0. The number of ether oxygens (including phenoxy) is 8. The Kier molecular flexibility index (Phi) is 12.1. The number of rotatable bonds is 5. The first-order valence-corrected chi connectivity index (χ1v) is 13.4. The number of fused-ring (bicyclic) bond motifs is 2. The number of amides is 2. The Morgan fingerprint density at radius 2 is 0.800 bits per heavy atom. The average Bonchev–Trinajstić information content (AvgIpc) is 2.95. The van der Waals surface area contributed by atoms with Gasteiger partial charge in [-0.2, -0.15) is 0 Å². The van der Waals surface area contributed by atoms with E-state index >= 15 is 0 Å². The molecule has 0 fully saturated rings. The third kappa shape index (κ3) is 9.56. The van der Waals surface area contributed by atoms with Crippen molar-refractivity contribution < 1.29 is 47.5 Å². The molecule has 0 saturated carbocycles. The van der Waals surface area contributed by atoms with Gasteiger partial charge in [0.25, 0.3) is 11.8 Å². The lowest BCUT2D eigenvalue weighted by Gasteiger charge is -2.16. The zero-order chi connectivity index (χ0) is 27.8. The van der Waals surface area contributed by atoms with E-state index in [0.717, 1.165) is 0 Å². The summed E-state index contributed by atoms with van der Waals surface area (Å²) in [6.45, 7) is 5.39. The molecule has 2 aromatic carbocycles. The Balaban J connectivity index is 1.27. The molecule has 0 unspecified atom stereocenters. The van der Waals surface area contributed by atoms with Gasteiger partial charge in [-0.25, -0.2) is 0 Å². The van der Waals surface area contributed by atoms with Crippen LogP contribution in [0.5, 0.6) is 23.0 Å². The van der Waals surface area contributed by atoms with Crippen molar-refractivity contribution in [3.8, 4) is 23.0 Å². The van der Waals surface area contributed by atoms with E-state index in [4.69, 9.17) is 37.9 Å². The quantitative estimate of drug-likeness (QED) is 0.518. The molecule has 40 heavy (non-hydrogen) atoms. The van der Waals surface area contributed by atoms with E-state index in [-0.39, 0.29) is 24.9 Å². The summed E-state index contributed by atoms with van der Waals surface area (Å²) in [7, 11) is 0. The summed E-state index contributed by atoms with van der Waals surface area (Å²) in [5, 5.41) is 5.61. The van der Waals surface area contributed by atoms with Crippen molar-refractivity contribution in [3.05, 3.63) is 47.5 Å². The van der Waals surface area contributed by atoms with Crippen LogP contribution < -0.4 is 29.6 Å². The van der Waals surface area contributed by atoms with Crippen LogP contribution in [0.3, 0.4) is 0 Å². The van der Waals surface area contributed by atoms with Crippen molar-refractivity contribution >= 4 is 11.8 Å². The molecule has 2 aromatic rings. The molecule has 2 N–H and O–H groups in total. The largest absolute Gasteiger partial charge is 0.487 e. The van der Waals surface area contributed by atoms with Crippen LogP contribution in [0.2, 0.25) is 0 Å². The number of hydrogen-bond acceptors (Lipinski definition) is 10. The van der Waals surface area contributed by atoms with Crippen molar-refractivity contribution in [2.45, 2.75) is 0 Å². The van der Waals surface area contributed by atoms with E-state index in [1.54, 1.807) is 36.4 Å². The maximum atomic E-state index is 12.7. The van der Waals surface area contributed by atoms with Crippen molar-refractivity contribution in [1.29, 1.82) is 0 Å². The van der Waals surface area contributed by atoms with Crippen LogP contribution >= 0.6 is 0 Å². The molecule has 0 spiro atoms. The predicted octanol–water partition coefficient (Wildman–Crippen LogP) is 1.46. The van der Waals surface area contributed by atoms with Gasteiger partial charge in [-0.05, 0) is 36.4 Å². The summed E-state index contributed by atoms with van der Waals surface area (Å²) in [4.78, 5) is 25.5. The van der Waals surface area contributed by atoms with Gasteiger partial charge in [0, 0.05) is 24.2 Å². The summed E-state index contributed by atoms with van der Waals surface area (Å²) >= 11 is 0. The molecule has 2 amide bonds. The third-order valence-electron chi connectivity index (χ3n) is 5.79. The first-order valence-electron chi connectivity index (χ1n) is 13.4. The van der Waals surface area contributed by atoms with Crippen molar-refractivity contribution in [3.63, 3.8) is 0 Å². The van der Waals surface area contributed by atoms with E-state index in [2.05, 4.69) is 10.6 Å². The second-order valence-electron chi connectivity index (χ2n) is 8.68. The smallest absolute Gasteiger partial charge is 0.251 e. The maximum absolute atomic E-state index is 12.7. The molecule has 0 saturated heterocycles. The molecule has 4 rings (SSSR count). The van der Waals surface area contributed by atoms with Gasteiger partial charge >= 0.3 is 0 Å². The highest BCUT2D eigenvalue weighted by Gasteiger charge is 2.15. The molecular weight excluding hydrogens is 524 g/mol. The molecule has 0 aliphatic carbocycles. The number of carbonyl (C=O) groups is 2. The Morgan fingerprint density at radius 3 is 1.18 bits per heavy atom. The van der Waals surface area contributed by atoms with Crippen LogP contribution in [0.15, 0.2) is 36.4 Å². The van der Waals surface area contributed by atoms with Gasteiger partial charge in [0.05, 0.1) is 52.9 Å². The second-order valence-corrected chi connectivity index (χ2v) is 8.68. The fraction of sp³-hybridized carbons (Fsp3) is 0.500. The van der Waals surface area contributed by atoms with Gasteiger partial charge < -0.3 is 48.5 Å². The molecule has 2 aliphatic heterocycles. The number of benzene rings is 2. The summed E-state index contributed by atoms with van der Waals surface area (Å²) in [5.41, 5.74) is 0.814. The highest BCUT2D eigenvalue weighted by atomic mass is 16.6. The molecule has 218 valence electrons. The van der Waals surface area contributed by atoms with Crippen LogP contribution in [0.1, 0.15) is 20.7 Å². The number of hydrogen-bond donors (Lipinski definition) is 2. The summed E-state index contributed by atoms with van der Waals surface area (Å²) < 4.78 is 44.8. The monoisotopic (exact) mass is 560 g/mol. The average molecular weight is 561 g/mol. The van der Waals surface area contributed by atoms with Gasteiger partial charge in [-0.3, -0.25) is 9.59 Å². The van der Waals surface area contributed by atoms with E-state index < -0.39 is 0 Å². The molecule has 12 heteroatoms. The van der Waals surface area contributed by atoms with Crippen LogP contribution in [0, 0.1) is 0 Å². The van der Waals surface area contributed by atoms with E-state index in [9.17, 15) is 9.59 Å². The normalized spacial score (nSPS) is 17.1. The predicted molar refractivity (Wildman–Crippen MR) is 143 cm³/mol. The van der Waals surface area contributed by atoms with Gasteiger partial charge in [-0.15, -0.1) is 0 Å². The minimum atomic E-state index is -0.303. The standard InChI is InChI=1S/C28H36N2O10/c31-27(21-1-3-23-25(19-21)39-17-13-35-9-7-33-11-15-37-23)29-5-6-30-28(32)22-2-4-24-26(20-22)40-18-14-36-10-8-34-12-16-38-24/h1-4,19-20H,5-18H2,(H,29,31)(H,30,32). The molecule has 2 aliphatic rings. The van der Waals surface area contributed by atoms with Crippen molar-refractivity contribution in [2.24, 2.45) is 0 Å². The Bertz CT molecular complexity index is 1010. The van der Waals surface area contributed by atoms with Crippen molar-refractivity contribution in [2.75, 3.05) is 92.4 Å². The summed E-state index contributed by atoms with van der Waals surface area (Å²) in [5.74, 6) is 1.35. The van der Waals surface area contributed by atoms with E-state index in [1.807, 2.05) is 0 Å². The highest BCUT2D eigenvalue weighted by Crippen LogP contribution is 2.29. The Morgan fingerprint density at radius 1 is 0.475 bits per heavy atom. The van der Waals surface area contributed by atoms with Gasteiger partial charge in [-0.1, -0.05) is 0 Å². The van der Waals surface area contributed by atoms with Crippen LogP contribution in [0.25, 0.3) is 0 Å². The molecule has 12 nitrogen and oxygen atoms in total. The lowest BCUT2D eigenvalue weighted by molar-refractivity contribution is 0.0223. The van der Waals surface area contributed by atoms with Crippen LogP contribution in [-0.4, -0.2) is 104 Å².